The SMILES string of the molecule is CC.CC.CCCC(C)C.CCCC(C)CCC. The second-order valence-corrected chi connectivity index (χ2v) is 4.87. The minimum Gasteiger partial charge on any atom is -0.0683 e. The third-order valence-electron chi connectivity index (χ3n) is 2.43. The Hall–Kier alpha value is 0. The minimum atomic E-state index is 0.898. The largest absolute Gasteiger partial charge is 0.0683 e. The molecule has 0 rings (SSSR count). The van der Waals surface area contributed by atoms with Crippen LogP contribution in [-0.2, 0) is 0 Å². The van der Waals surface area contributed by atoms with E-state index in [1.54, 1.807) is 0 Å². The van der Waals surface area contributed by atoms with E-state index in [1.807, 2.05) is 27.7 Å². The molecule has 0 saturated heterocycles. The lowest BCUT2D eigenvalue weighted by Crippen LogP contribution is -1.91. The van der Waals surface area contributed by atoms with Crippen LogP contribution in [0.4, 0.5) is 0 Å². The molecule has 116 valence electrons. The number of rotatable bonds is 6. The molecule has 0 radical (unpaired) electrons. The average molecular weight is 261 g/mol. The number of hydrogen-bond donors (Lipinski definition) is 0. The second kappa shape index (κ2) is 30.2. The normalized spacial score (nSPS) is 8.67. The predicted octanol–water partition coefficient (Wildman–Crippen LogP) is 7.72. The summed E-state index contributed by atoms with van der Waals surface area (Å²) in [5.41, 5.74) is 0. The number of hydrogen-bond acceptors (Lipinski definition) is 0. The Labute approximate surface area is 120 Å². The highest BCUT2D eigenvalue weighted by atomic mass is 14.0. The summed E-state index contributed by atoms with van der Waals surface area (Å²) in [6.07, 6.45) is 8.22. The van der Waals surface area contributed by atoms with Crippen LogP contribution >= 0.6 is 0 Å². The molecule has 0 aromatic carbocycles. The van der Waals surface area contributed by atoms with Crippen molar-refractivity contribution in [2.75, 3.05) is 0 Å². The van der Waals surface area contributed by atoms with Crippen molar-refractivity contribution in [1.29, 1.82) is 0 Å². The molecule has 0 fully saturated rings. The molecular formula is C18H44. The van der Waals surface area contributed by atoms with Crippen molar-refractivity contribution < 1.29 is 0 Å². The van der Waals surface area contributed by atoms with Gasteiger partial charge in [-0.15, -0.1) is 0 Å². The van der Waals surface area contributed by atoms with Gasteiger partial charge in [0.05, 0.1) is 0 Å². The van der Waals surface area contributed by atoms with Gasteiger partial charge in [0.2, 0.25) is 0 Å². The molecule has 0 N–H and O–H groups in total. The van der Waals surface area contributed by atoms with Crippen LogP contribution in [0, 0.1) is 11.8 Å². The van der Waals surface area contributed by atoms with Crippen LogP contribution in [0.2, 0.25) is 0 Å². The van der Waals surface area contributed by atoms with Gasteiger partial charge in [-0.1, -0.05) is 108 Å². The van der Waals surface area contributed by atoms with E-state index in [4.69, 9.17) is 0 Å². The zero-order valence-corrected chi connectivity index (χ0v) is 15.4. The van der Waals surface area contributed by atoms with Gasteiger partial charge < -0.3 is 0 Å². The fourth-order valence-electron chi connectivity index (χ4n) is 1.71. The van der Waals surface area contributed by atoms with Gasteiger partial charge in [-0.2, -0.15) is 0 Å². The Morgan fingerprint density at radius 3 is 0.944 bits per heavy atom. The molecule has 0 aliphatic heterocycles. The van der Waals surface area contributed by atoms with Gasteiger partial charge in [-0.25, -0.2) is 0 Å². The van der Waals surface area contributed by atoms with E-state index in [2.05, 4.69) is 41.5 Å². The lowest BCUT2D eigenvalue weighted by Gasteiger charge is -2.05. The molecule has 0 bridgehead atoms. The summed E-state index contributed by atoms with van der Waals surface area (Å²) in [4.78, 5) is 0. The highest BCUT2D eigenvalue weighted by Crippen LogP contribution is 2.10. The van der Waals surface area contributed by atoms with E-state index in [0.29, 0.717) is 0 Å². The van der Waals surface area contributed by atoms with Gasteiger partial charge in [-0.3, -0.25) is 0 Å². The molecule has 0 spiro atoms. The topological polar surface area (TPSA) is 0 Å². The summed E-state index contributed by atoms with van der Waals surface area (Å²) in [5.74, 6) is 1.86. The molecule has 0 unspecified atom stereocenters. The smallest absolute Gasteiger partial charge is 0.0443 e. The Kier molecular flexibility index (Phi) is 44.6. The van der Waals surface area contributed by atoms with Crippen molar-refractivity contribution >= 4 is 0 Å². The zero-order valence-electron chi connectivity index (χ0n) is 15.4. The van der Waals surface area contributed by atoms with Gasteiger partial charge in [-0.05, 0) is 11.8 Å². The van der Waals surface area contributed by atoms with Crippen LogP contribution in [0.1, 0.15) is 108 Å². The first-order valence-corrected chi connectivity index (χ1v) is 8.58. The van der Waals surface area contributed by atoms with Crippen LogP contribution < -0.4 is 0 Å². The third kappa shape index (κ3) is 44.4. The van der Waals surface area contributed by atoms with Crippen LogP contribution in [0.25, 0.3) is 0 Å². The van der Waals surface area contributed by atoms with Gasteiger partial charge in [0.15, 0.2) is 0 Å². The first kappa shape index (κ1) is 26.5. The highest BCUT2D eigenvalue weighted by Gasteiger charge is 1.95. The molecule has 0 heteroatoms. The first-order chi connectivity index (χ1) is 8.58. The quantitative estimate of drug-likeness (QED) is 0.458. The Balaban J connectivity index is -0.0000000869. The van der Waals surface area contributed by atoms with Crippen molar-refractivity contribution in [1.82, 2.24) is 0 Å². The van der Waals surface area contributed by atoms with Crippen LogP contribution in [0.15, 0.2) is 0 Å². The van der Waals surface area contributed by atoms with Crippen molar-refractivity contribution in [3.05, 3.63) is 0 Å². The molecule has 0 nitrogen and oxygen atoms in total. The fourth-order valence-corrected chi connectivity index (χ4v) is 1.71. The molecule has 0 aromatic rings. The summed E-state index contributed by atoms with van der Waals surface area (Å²) in [6.45, 7) is 21.6. The van der Waals surface area contributed by atoms with E-state index in [-0.39, 0.29) is 0 Å². The molecule has 18 heavy (non-hydrogen) atoms. The lowest BCUT2D eigenvalue weighted by atomic mass is 10.0. The third-order valence-corrected chi connectivity index (χ3v) is 2.43. The Morgan fingerprint density at radius 1 is 0.556 bits per heavy atom. The lowest BCUT2D eigenvalue weighted by molar-refractivity contribution is 0.480. The Morgan fingerprint density at radius 2 is 0.833 bits per heavy atom. The minimum absolute atomic E-state index is 0.898. The highest BCUT2D eigenvalue weighted by molar-refractivity contribution is 4.48. The molecule has 0 amide bonds. The monoisotopic (exact) mass is 260 g/mol. The van der Waals surface area contributed by atoms with E-state index in [9.17, 15) is 0 Å². The van der Waals surface area contributed by atoms with Crippen LogP contribution in [0.5, 0.6) is 0 Å². The average Bonchev–Trinajstić information content (AvgIpc) is 2.35. The summed E-state index contributed by atoms with van der Waals surface area (Å²) in [7, 11) is 0. The summed E-state index contributed by atoms with van der Waals surface area (Å²) in [6, 6.07) is 0. The second-order valence-electron chi connectivity index (χ2n) is 4.87. The van der Waals surface area contributed by atoms with E-state index < -0.39 is 0 Å². The molecule has 0 aliphatic rings. The summed E-state index contributed by atoms with van der Waals surface area (Å²) in [5, 5.41) is 0. The van der Waals surface area contributed by atoms with Gasteiger partial charge >= 0.3 is 0 Å². The van der Waals surface area contributed by atoms with E-state index in [1.165, 1.54) is 38.5 Å². The van der Waals surface area contributed by atoms with Crippen molar-refractivity contribution in [3.63, 3.8) is 0 Å². The fraction of sp³-hybridized carbons (Fsp3) is 1.00. The standard InChI is InChI=1S/C8H18.C6H14.2C2H6/c1-4-6-8(3)7-5-2;1-4-5-6(2)3;2*1-2/h8H,4-7H2,1-3H3;6H,4-5H2,1-3H3;2*1-2H3. The summed E-state index contributed by atoms with van der Waals surface area (Å²) >= 11 is 0. The molecule has 0 atom stereocenters. The molecule has 0 aliphatic carbocycles. The molecule has 0 heterocycles. The van der Waals surface area contributed by atoms with Crippen LogP contribution in [0.3, 0.4) is 0 Å². The maximum Gasteiger partial charge on any atom is -0.0443 e. The zero-order chi connectivity index (χ0) is 15.4. The Bertz CT molecular complexity index is 78.0. The molecule has 0 aromatic heterocycles. The maximum atomic E-state index is 2.34. The van der Waals surface area contributed by atoms with Gasteiger partial charge in [0.25, 0.3) is 0 Å². The van der Waals surface area contributed by atoms with Gasteiger partial charge in [0.1, 0.15) is 0 Å². The van der Waals surface area contributed by atoms with Gasteiger partial charge in [0, 0.05) is 0 Å². The predicted molar refractivity (Wildman–Crippen MR) is 91.4 cm³/mol. The maximum absolute atomic E-state index is 2.34. The van der Waals surface area contributed by atoms with E-state index in [0.717, 1.165) is 11.8 Å². The van der Waals surface area contributed by atoms with E-state index >= 15 is 0 Å². The van der Waals surface area contributed by atoms with Crippen molar-refractivity contribution in [2.24, 2.45) is 11.8 Å². The van der Waals surface area contributed by atoms with Crippen LogP contribution in [-0.4, -0.2) is 0 Å². The van der Waals surface area contributed by atoms with Crippen molar-refractivity contribution in [2.45, 2.75) is 108 Å². The summed E-state index contributed by atoms with van der Waals surface area (Å²) < 4.78 is 0. The van der Waals surface area contributed by atoms with Crippen molar-refractivity contribution in [3.8, 4) is 0 Å². The molecule has 0 saturated carbocycles. The first-order valence-electron chi connectivity index (χ1n) is 8.58. The molecular weight excluding hydrogens is 216 g/mol.